The lowest BCUT2D eigenvalue weighted by molar-refractivity contribution is 0.793. The van der Waals surface area contributed by atoms with E-state index in [9.17, 15) is 0 Å². The van der Waals surface area contributed by atoms with Crippen LogP contribution in [0.15, 0.2) is 0 Å². The van der Waals surface area contributed by atoms with Crippen LogP contribution in [-0.2, 0) is 0 Å². The van der Waals surface area contributed by atoms with Gasteiger partial charge in [0, 0.05) is 6.54 Å². The molecule has 0 rings (SSSR count). The topological polar surface area (TPSA) is 14.1 Å². The lowest BCUT2D eigenvalue weighted by atomic mass is 10.6. The maximum absolute atomic E-state index is 4.87. The highest BCUT2D eigenvalue weighted by Crippen LogP contribution is 1.53. The maximum Gasteiger partial charge on any atom is 0.0742 e. The molecule has 0 saturated heterocycles. The summed E-state index contributed by atoms with van der Waals surface area (Å²) < 4.78 is 0. The fourth-order valence-corrected chi connectivity index (χ4v) is 0.176. The molecule has 0 aliphatic heterocycles. The lowest BCUT2D eigenvalue weighted by Crippen LogP contribution is -2.01. The van der Waals surface area contributed by atoms with E-state index in [1.807, 2.05) is 6.92 Å². The average molecular weight is 82.1 g/mol. The molecule has 0 aliphatic rings. The van der Waals surface area contributed by atoms with Crippen molar-refractivity contribution in [2.45, 2.75) is 6.92 Å². The van der Waals surface area contributed by atoms with Gasteiger partial charge in [0.05, 0.1) is 6.54 Å². The summed E-state index contributed by atoms with van der Waals surface area (Å²) in [6.07, 6.45) is 4.87. The van der Waals surface area contributed by atoms with Gasteiger partial charge < -0.3 is 0 Å². The van der Waals surface area contributed by atoms with E-state index in [0.29, 0.717) is 6.54 Å². The van der Waals surface area contributed by atoms with E-state index in [1.54, 1.807) is 0 Å². The Morgan fingerprint density at radius 3 is 2.67 bits per heavy atom. The van der Waals surface area contributed by atoms with E-state index in [0.717, 1.165) is 6.54 Å². The van der Waals surface area contributed by atoms with Crippen LogP contribution in [0.1, 0.15) is 6.92 Å². The van der Waals surface area contributed by atoms with Crippen LogP contribution in [0.25, 0.3) is 0 Å². The number of terminal acetylenes is 1. The minimum atomic E-state index is 0.566. The number of nitrogens with zero attached hydrogens (tertiary/aromatic N) is 1. The summed E-state index contributed by atoms with van der Waals surface area (Å²) in [5, 5.41) is 3.85. The first kappa shape index (κ1) is 5.52. The van der Waals surface area contributed by atoms with E-state index >= 15 is 0 Å². The summed E-state index contributed by atoms with van der Waals surface area (Å²) in [5.74, 6) is 2.40. The molecule has 0 aromatic heterocycles. The van der Waals surface area contributed by atoms with Crippen molar-refractivity contribution >= 4 is 0 Å². The Labute approximate surface area is 38.7 Å². The van der Waals surface area contributed by atoms with Gasteiger partial charge in [0.15, 0.2) is 0 Å². The van der Waals surface area contributed by atoms with Crippen LogP contribution in [0, 0.1) is 12.3 Å². The highest BCUT2D eigenvalue weighted by Gasteiger charge is 1.69. The van der Waals surface area contributed by atoms with E-state index in [4.69, 9.17) is 6.42 Å². The second-order valence-corrected chi connectivity index (χ2v) is 0.902. The standard InChI is InChI=1S/C5H8N/c1-3-5-6-4-2/h1H,4-5H2,2H3. The summed E-state index contributed by atoms with van der Waals surface area (Å²) in [7, 11) is 0. The minimum Gasteiger partial charge on any atom is -0.229 e. The molecule has 6 heavy (non-hydrogen) atoms. The second kappa shape index (κ2) is 4.52. The van der Waals surface area contributed by atoms with Crippen molar-refractivity contribution < 1.29 is 0 Å². The average Bonchev–Trinajstić information content (AvgIpc) is 1.61. The van der Waals surface area contributed by atoms with E-state index in [2.05, 4.69) is 11.2 Å². The molecule has 0 spiro atoms. The van der Waals surface area contributed by atoms with E-state index in [-0.39, 0.29) is 0 Å². The smallest absolute Gasteiger partial charge is 0.0742 e. The molecule has 0 aromatic rings. The van der Waals surface area contributed by atoms with E-state index < -0.39 is 0 Å². The summed E-state index contributed by atoms with van der Waals surface area (Å²) in [6, 6.07) is 0. The molecule has 0 N–H and O–H groups in total. The Bertz CT molecular complexity index is 51.4. The van der Waals surface area contributed by atoms with Crippen LogP contribution in [0.5, 0.6) is 0 Å². The second-order valence-electron chi connectivity index (χ2n) is 0.902. The predicted molar refractivity (Wildman–Crippen MR) is 26.4 cm³/mol. The Kier molecular flexibility index (Phi) is 4.16. The Morgan fingerprint density at radius 1 is 1.83 bits per heavy atom. The fourth-order valence-electron chi connectivity index (χ4n) is 0.176. The molecule has 0 saturated carbocycles. The van der Waals surface area contributed by atoms with Crippen LogP contribution in [0.4, 0.5) is 0 Å². The summed E-state index contributed by atoms with van der Waals surface area (Å²) in [6.45, 7) is 3.37. The fraction of sp³-hybridized carbons (Fsp3) is 0.600. The van der Waals surface area contributed by atoms with Gasteiger partial charge in [-0.1, -0.05) is 12.8 Å². The highest BCUT2D eigenvalue weighted by molar-refractivity contribution is 4.85. The molecule has 0 atom stereocenters. The van der Waals surface area contributed by atoms with Gasteiger partial charge in [-0.2, -0.15) is 0 Å². The lowest BCUT2D eigenvalue weighted by Gasteiger charge is -1.82. The summed E-state index contributed by atoms with van der Waals surface area (Å²) >= 11 is 0. The Morgan fingerprint density at radius 2 is 2.50 bits per heavy atom. The van der Waals surface area contributed by atoms with Crippen molar-refractivity contribution in [2.24, 2.45) is 0 Å². The van der Waals surface area contributed by atoms with Crippen LogP contribution >= 0.6 is 0 Å². The largest absolute Gasteiger partial charge is 0.229 e. The maximum atomic E-state index is 4.87. The molecule has 1 heteroatoms. The van der Waals surface area contributed by atoms with Gasteiger partial charge >= 0.3 is 0 Å². The molecule has 0 unspecified atom stereocenters. The van der Waals surface area contributed by atoms with Gasteiger partial charge in [0.25, 0.3) is 0 Å². The first-order chi connectivity index (χ1) is 2.91. The van der Waals surface area contributed by atoms with Gasteiger partial charge in [-0.05, 0) is 0 Å². The normalized spacial score (nSPS) is 7.33. The van der Waals surface area contributed by atoms with Crippen molar-refractivity contribution in [3.8, 4) is 12.3 Å². The van der Waals surface area contributed by atoms with Crippen molar-refractivity contribution in [3.05, 3.63) is 0 Å². The molecule has 0 aliphatic carbocycles. The van der Waals surface area contributed by atoms with Crippen LogP contribution in [0.3, 0.4) is 0 Å². The summed E-state index contributed by atoms with van der Waals surface area (Å²) in [5.41, 5.74) is 0. The zero-order valence-electron chi connectivity index (χ0n) is 3.94. The Hall–Kier alpha value is -0.480. The molecule has 33 valence electrons. The van der Waals surface area contributed by atoms with Crippen molar-refractivity contribution in [3.63, 3.8) is 0 Å². The van der Waals surface area contributed by atoms with Gasteiger partial charge in [-0.3, -0.25) is 0 Å². The highest BCUT2D eigenvalue weighted by atomic mass is 14.8. The molecular weight excluding hydrogens is 74.1 g/mol. The third-order valence-corrected chi connectivity index (χ3v) is 0.427. The molecule has 0 fully saturated rings. The zero-order chi connectivity index (χ0) is 4.83. The number of hydrogen-bond donors (Lipinski definition) is 0. The van der Waals surface area contributed by atoms with Gasteiger partial charge in [0.2, 0.25) is 0 Å². The minimum absolute atomic E-state index is 0.566. The molecule has 1 nitrogen and oxygen atoms in total. The first-order valence-corrected chi connectivity index (χ1v) is 1.98. The zero-order valence-corrected chi connectivity index (χ0v) is 3.94. The quantitative estimate of drug-likeness (QED) is 0.335. The van der Waals surface area contributed by atoms with Gasteiger partial charge in [-0.25, -0.2) is 5.32 Å². The van der Waals surface area contributed by atoms with Crippen LogP contribution in [-0.4, -0.2) is 13.1 Å². The molecule has 0 bridgehead atoms. The van der Waals surface area contributed by atoms with Crippen LogP contribution < -0.4 is 5.32 Å². The molecule has 1 radical (unpaired) electrons. The van der Waals surface area contributed by atoms with Crippen molar-refractivity contribution in [1.29, 1.82) is 0 Å². The number of rotatable bonds is 2. The predicted octanol–water partition coefficient (Wildman–Crippen LogP) is 0.244. The molecule has 0 amide bonds. The Balaban J connectivity index is 2.54. The third-order valence-electron chi connectivity index (χ3n) is 0.427. The SMILES string of the molecule is C#CC[N]CC. The first-order valence-electron chi connectivity index (χ1n) is 1.98. The monoisotopic (exact) mass is 82.1 g/mol. The molecular formula is C5H8N. The van der Waals surface area contributed by atoms with E-state index in [1.165, 1.54) is 0 Å². The summed E-state index contributed by atoms with van der Waals surface area (Å²) in [4.78, 5) is 0. The van der Waals surface area contributed by atoms with Crippen molar-refractivity contribution in [2.75, 3.05) is 13.1 Å². The third kappa shape index (κ3) is 3.52. The number of hydrogen-bond acceptors (Lipinski definition) is 0. The van der Waals surface area contributed by atoms with Crippen molar-refractivity contribution in [1.82, 2.24) is 5.32 Å². The molecule has 0 aromatic carbocycles. The molecule has 0 heterocycles. The van der Waals surface area contributed by atoms with Crippen LogP contribution in [0.2, 0.25) is 0 Å². The van der Waals surface area contributed by atoms with Gasteiger partial charge in [-0.15, -0.1) is 6.42 Å². The van der Waals surface area contributed by atoms with Gasteiger partial charge in [0.1, 0.15) is 0 Å².